The van der Waals surface area contributed by atoms with E-state index in [1.165, 1.54) is 30.3 Å². The molecule has 1 amide bonds. The Morgan fingerprint density at radius 2 is 1.97 bits per heavy atom. The Balaban J connectivity index is 1.58. The Bertz CT molecular complexity index is 1100. The van der Waals surface area contributed by atoms with Gasteiger partial charge in [-0.3, -0.25) is 9.36 Å². The van der Waals surface area contributed by atoms with E-state index in [2.05, 4.69) is 20.4 Å². The minimum absolute atomic E-state index is 0.0843. The third-order valence-electron chi connectivity index (χ3n) is 5.12. The van der Waals surface area contributed by atoms with Gasteiger partial charge in [-0.15, -0.1) is 10.2 Å². The van der Waals surface area contributed by atoms with Crippen LogP contribution < -0.4 is 15.0 Å². The van der Waals surface area contributed by atoms with Gasteiger partial charge in [-0.25, -0.2) is 4.39 Å². The Hall–Kier alpha value is -2.78. The lowest BCUT2D eigenvalue weighted by molar-refractivity contribution is -0.113. The maximum Gasteiger partial charge on any atom is 0.234 e. The number of anilines is 2. The summed E-state index contributed by atoms with van der Waals surface area (Å²) in [7, 11) is 1.62. The van der Waals surface area contributed by atoms with Crippen molar-refractivity contribution in [2.24, 2.45) is 0 Å². The van der Waals surface area contributed by atoms with Gasteiger partial charge in [-0.2, -0.15) is 0 Å². The summed E-state index contributed by atoms with van der Waals surface area (Å²) in [6.45, 7) is 1.81. The van der Waals surface area contributed by atoms with Crippen LogP contribution in [0.5, 0.6) is 5.75 Å². The number of rotatable bonds is 7. The molecule has 1 saturated heterocycles. The van der Waals surface area contributed by atoms with E-state index in [4.69, 9.17) is 16.3 Å². The lowest BCUT2D eigenvalue weighted by atomic mass is 10.1. The van der Waals surface area contributed by atoms with Gasteiger partial charge >= 0.3 is 0 Å². The standard InChI is InChI=1S/C22H23ClFN5O2S/c1-31-19-8-4-3-7-18(19)29-21(28-11-5-2-6-12-28)26-27-22(29)32-14-20(30)25-17-10-9-15(24)13-16(17)23/h3-4,7-10,13H,2,5-6,11-12,14H2,1H3,(H,25,30). The van der Waals surface area contributed by atoms with Crippen molar-refractivity contribution in [3.8, 4) is 11.4 Å². The highest BCUT2D eigenvalue weighted by Gasteiger charge is 2.23. The number of aromatic nitrogens is 3. The maximum absolute atomic E-state index is 13.2. The molecule has 7 nitrogen and oxygen atoms in total. The minimum Gasteiger partial charge on any atom is -0.495 e. The molecule has 0 radical (unpaired) electrons. The summed E-state index contributed by atoms with van der Waals surface area (Å²) in [6, 6.07) is 11.5. The van der Waals surface area contributed by atoms with E-state index in [0.717, 1.165) is 43.6 Å². The van der Waals surface area contributed by atoms with Crippen molar-refractivity contribution in [3.05, 3.63) is 53.3 Å². The Kier molecular flexibility index (Phi) is 7.16. The van der Waals surface area contributed by atoms with E-state index in [1.54, 1.807) is 7.11 Å². The summed E-state index contributed by atoms with van der Waals surface area (Å²) < 4.78 is 20.7. The number of methoxy groups -OCH3 is 1. The molecule has 32 heavy (non-hydrogen) atoms. The van der Waals surface area contributed by atoms with Crippen LogP contribution in [0.2, 0.25) is 5.02 Å². The van der Waals surface area contributed by atoms with E-state index >= 15 is 0 Å². The van der Waals surface area contributed by atoms with Gasteiger partial charge < -0.3 is 15.0 Å². The number of carbonyl (C=O) groups is 1. The van der Waals surface area contributed by atoms with Crippen molar-refractivity contribution in [2.45, 2.75) is 24.4 Å². The molecule has 1 fully saturated rings. The van der Waals surface area contributed by atoms with Crippen LogP contribution in [0.4, 0.5) is 16.0 Å². The highest BCUT2D eigenvalue weighted by molar-refractivity contribution is 7.99. The summed E-state index contributed by atoms with van der Waals surface area (Å²) in [5.74, 6) is 0.768. The molecular formula is C22H23ClFN5O2S. The van der Waals surface area contributed by atoms with Gasteiger partial charge in [0.2, 0.25) is 11.9 Å². The summed E-state index contributed by atoms with van der Waals surface area (Å²) in [6.07, 6.45) is 3.40. The highest BCUT2D eigenvalue weighted by Crippen LogP contribution is 2.33. The van der Waals surface area contributed by atoms with Crippen LogP contribution in [0.25, 0.3) is 5.69 Å². The van der Waals surface area contributed by atoms with Gasteiger partial charge in [0, 0.05) is 13.1 Å². The number of nitrogens with one attached hydrogen (secondary N) is 1. The third-order valence-corrected chi connectivity index (χ3v) is 6.36. The molecule has 168 valence electrons. The molecule has 4 rings (SSSR count). The quantitative estimate of drug-likeness (QED) is 0.495. The van der Waals surface area contributed by atoms with E-state index < -0.39 is 5.82 Å². The average molecular weight is 476 g/mol. The zero-order chi connectivity index (χ0) is 22.5. The largest absolute Gasteiger partial charge is 0.495 e. The maximum atomic E-state index is 13.2. The van der Waals surface area contributed by atoms with Crippen LogP contribution in [0, 0.1) is 5.82 Å². The van der Waals surface area contributed by atoms with Crippen molar-refractivity contribution in [1.82, 2.24) is 14.8 Å². The van der Waals surface area contributed by atoms with Crippen molar-refractivity contribution in [1.29, 1.82) is 0 Å². The monoisotopic (exact) mass is 475 g/mol. The van der Waals surface area contributed by atoms with Crippen LogP contribution >= 0.6 is 23.4 Å². The van der Waals surface area contributed by atoms with Crippen molar-refractivity contribution >= 4 is 40.9 Å². The first kappa shape index (κ1) is 22.4. The first-order valence-electron chi connectivity index (χ1n) is 10.3. The van der Waals surface area contributed by atoms with Crippen molar-refractivity contribution < 1.29 is 13.9 Å². The molecule has 0 aliphatic carbocycles. The molecule has 0 unspecified atom stereocenters. The Morgan fingerprint density at radius 1 is 1.19 bits per heavy atom. The molecule has 3 aromatic rings. The second kappa shape index (κ2) is 10.2. The number of amides is 1. The number of benzene rings is 2. The summed E-state index contributed by atoms with van der Waals surface area (Å²) in [4.78, 5) is 14.7. The molecule has 0 bridgehead atoms. The van der Waals surface area contributed by atoms with Gasteiger partial charge in [0.15, 0.2) is 5.16 Å². The normalized spacial score (nSPS) is 13.8. The number of para-hydroxylation sites is 2. The fourth-order valence-corrected chi connectivity index (χ4v) is 4.54. The fourth-order valence-electron chi connectivity index (χ4n) is 3.59. The lowest BCUT2D eigenvalue weighted by Gasteiger charge is -2.28. The molecule has 1 aliphatic rings. The van der Waals surface area contributed by atoms with Gasteiger partial charge in [0.25, 0.3) is 0 Å². The number of thioether (sulfide) groups is 1. The summed E-state index contributed by atoms with van der Waals surface area (Å²) in [5.41, 5.74) is 1.17. The van der Waals surface area contributed by atoms with E-state index in [9.17, 15) is 9.18 Å². The number of carbonyl (C=O) groups excluding carboxylic acids is 1. The zero-order valence-electron chi connectivity index (χ0n) is 17.6. The molecule has 2 heterocycles. The van der Waals surface area contributed by atoms with Gasteiger partial charge in [0.1, 0.15) is 11.6 Å². The number of halogens is 2. The van der Waals surface area contributed by atoms with E-state index in [-0.39, 0.29) is 16.7 Å². The van der Waals surface area contributed by atoms with Crippen LogP contribution in [0.15, 0.2) is 47.6 Å². The predicted octanol–water partition coefficient (Wildman–Crippen LogP) is 4.79. The average Bonchev–Trinajstić information content (AvgIpc) is 3.24. The number of nitrogens with zero attached hydrogens (tertiary/aromatic N) is 4. The molecule has 1 aromatic heterocycles. The Morgan fingerprint density at radius 3 is 2.72 bits per heavy atom. The molecule has 10 heteroatoms. The molecular weight excluding hydrogens is 453 g/mol. The number of hydrogen-bond donors (Lipinski definition) is 1. The van der Waals surface area contributed by atoms with Crippen LogP contribution in [0.1, 0.15) is 19.3 Å². The lowest BCUT2D eigenvalue weighted by Crippen LogP contribution is -2.31. The number of hydrogen-bond acceptors (Lipinski definition) is 6. The van der Waals surface area contributed by atoms with E-state index in [0.29, 0.717) is 16.6 Å². The topological polar surface area (TPSA) is 72.3 Å². The molecule has 1 aliphatic heterocycles. The van der Waals surface area contributed by atoms with E-state index in [1.807, 2.05) is 28.8 Å². The van der Waals surface area contributed by atoms with Crippen molar-refractivity contribution in [3.63, 3.8) is 0 Å². The van der Waals surface area contributed by atoms with Crippen LogP contribution in [0.3, 0.4) is 0 Å². The first-order chi connectivity index (χ1) is 15.6. The van der Waals surface area contributed by atoms with Gasteiger partial charge in [-0.05, 0) is 49.6 Å². The van der Waals surface area contributed by atoms with Crippen molar-refractivity contribution in [2.75, 3.05) is 36.2 Å². The van der Waals surface area contributed by atoms with Gasteiger partial charge in [-0.1, -0.05) is 35.5 Å². The molecule has 2 aromatic carbocycles. The smallest absolute Gasteiger partial charge is 0.234 e. The Labute approximate surface area is 194 Å². The highest BCUT2D eigenvalue weighted by atomic mass is 35.5. The summed E-state index contributed by atoms with van der Waals surface area (Å²) >= 11 is 7.27. The molecule has 0 saturated carbocycles. The molecule has 0 atom stereocenters. The minimum atomic E-state index is -0.461. The fraction of sp³-hybridized carbons (Fsp3) is 0.318. The second-order valence-corrected chi connectivity index (χ2v) is 8.65. The van der Waals surface area contributed by atoms with Crippen LogP contribution in [-0.2, 0) is 4.79 Å². The SMILES string of the molecule is COc1ccccc1-n1c(SCC(=O)Nc2ccc(F)cc2Cl)nnc1N1CCCCC1. The number of piperidine rings is 1. The van der Waals surface area contributed by atoms with Gasteiger partial charge in [0.05, 0.1) is 29.3 Å². The van der Waals surface area contributed by atoms with Crippen LogP contribution in [-0.4, -0.2) is 46.6 Å². The predicted molar refractivity (Wildman–Crippen MR) is 125 cm³/mol. The second-order valence-electron chi connectivity index (χ2n) is 7.30. The first-order valence-corrected chi connectivity index (χ1v) is 11.6. The number of ether oxygens (including phenoxy) is 1. The molecule has 0 spiro atoms. The third kappa shape index (κ3) is 4.99. The zero-order valence-corrected chi connectivity index (χ0v) is 19.1. The summed E-state index contributed by atoms with van der Waals surface area (Å²) in [5, 5.41) is 12.3. The molecule has 1 N–H and O–H groups in total.